The van der Waals surface area contributed by atoms with Gasteiger partial charge >= 0.3 is 0 Å². The number of nitrogens with two attached hydrogens (primary N) is 1. The number of carbonyl (C=O) groups excluding carboxylic acids is 1. The fourth-order valence-electron chi connectivity index (χ4n) is 2.51. The molecule has 2 N–H and O–H groups in total. The van der Waals surface area contributed by atoms with Gasteiger partial charge in [0, 0.05) is 31.5 Å². The summed E-state index contributed by atoms with van der Waals surface area (Å²) in [6, 6.07) is 0.0377. The summed E-state index contributed by atoms with van der Waals surface area (Å²) in [5.41, 5.74) is 5.78. The average Bonchev–Trinajstić information content (AvgIpc) is 2.95. The van der Waals surface area contributed by atoms with E-state index in [4.69, 9.17) is 5.73 Å². The highest BCUT2D eigenvalue weighted by Gasteiger charge is 2.29. The summed E-state index contributed by atoms with van der Waals surface area (Å²) in [7, 11) is 0. The number of rotatable bonds is 1. The third kappa shape index (κ3) is 1.86. The maximum atomic E-state index is 12.3. The van der Waals surface area contributed by atoms with E-state index < -0.39 is 0 Å². The Morgan fingerprint density at radius 1 is 1.41 bits per heavy atom. The van der Waals surface area contributed by atoms with Gasteiger partial charge in [-0.2, -0.15) is 0 Å². The van der Waals surface area contributed by atoms with Crippen LogP contribution >= 0.6 is 0 Å². The Bertz CT molecular complexity index is 465. The van der Waals surface area contributed by atoms with Crippen molar-refractivity contribution >= 4 is 5.91 Å². The zero-order valence-corrected chi connectivity index (χ0v) is 9.62. The van der Waals surface area contributed by atoms with Crippen molar-refractivity contribution in [2.24, 2.45) is 11.7 Å². The van der Waals surface area contributed by atoms with Crippen LogP contribution in [0.5, 0.6) is 0 Å². The number of aromatic nitrogens is 2. The summed E-state index contributed by atoms with van der Waals surface area (Å²) < 4.78 is 2.10. The van der Waals surface area contributed by atoms with Crippen molar-refractivity contribution in [3.05, 3.63) is 30.4 Å². The first kappa shape index (κ1) is 10.5. The average molecular weight is 232 g/mol. The molecule has 3 rings (SSSR count). The molecule has 17 heavy (non-hydrogen) atoms. The Hall–Kier alpha value is -1.62. The first-order chi connectivity index (χ1) is 8.24. The summed E-state index contributed by atoms with van der Waals surface area (Å²) >= 11 is 0. The van der Waals surface area contributed by atoms with Gasteiger partial charge in [-0.3, -0.25) is 4.79 Å². The van der Waals surface area contributed by atoms with Crippen LogP contribution in [-0.2, 0) is 17.9 Å². The first-order valence-corrected chi connectivity index (χ1v) is 5.97. The van der Waals surface area contributed by atoms with Gasteiger partial charge in [0.25, 0.3) is 0 Å². The number of carbonyl (C=O) groups is 1. The van der Waals surface area contributed by atoms with E-state index in [1.54, 1.807) is 6.20 Å². The van der Waals surface area contributed by atoms with Crippen molar-refractivity contribution in [3.8, 4) is 0 Å². The topological polar surface area (TPSA) is 64.2 Å². The van der Waals surface area contributed by atoms with E-state index in [0.717, 1.165) is 25.3 Å². The summed E-state index contributed by atoms with van der Waals surface area (Å²) in [5, 5.41) is 0. The molecular formula is C12H16N4O. The molecule has 2 aliphatic rings. The highest BCUT2D eigenvalue weighted by Crippen LogP contribution is 2.21. The van der Waals surface area contributed by atoms with Crippen LogP contribution in [0, 0.1) is 5.92 Å². The van der Waals surface area contributed by atoms with Crippen molar-refractivity contribution in [1.82, 2.24) is 14.5 Å². The molecule has 0 bridgehead atoms. The van der Waals surface area contributed by atoms with Crippen LogP contribution in [0.4, 0.5) is 0 Å². The summed E-state index contributed by atoms with van der Waals surface area (Å²) in [4.78, 5) is 18.4. The van der Waals surface area contributed by atoms with E-state index in [9.17, 15) is 4.79 Å². The van der Waals surface area contributed by atoms with Gasteiger partial charge in [0.1, 0.15) is 5.82 Å². The zero-order valence-electron chi connectivity index (χ0n) is 9.62. The molecule has 2 unspecified atom stereocenters. The van der Waals surface area contributed by atoms with Crippen molar-refractivity contribution < 1.29 is 4.79 Å². The smallest absolute Gasteiger partial charge is 0.230 e. The molecule has 0 fully saturated rings. The van der Waals surface area contributed by atoms with E-state index in [2.05, 4.69) is 9.55 Å². The molecule has 2 atom stereocenters. The Morgan fingerprint density at radius 2 is 2.29 bits per heavy atom. The fraction of sp³-hybridized carbons (Fsp3) is 0.500. The lowest BCUT2D eigenvalue weighted by molar-refractivity contribution is -0.135. The highest BCUT2D eigenvalue weighted by molar-refractivity contribution is 5.81. The van der Waals surface area contributed by atoms with Gasteiger partial charge in [-0.1, -0.05) is 12.2 Å². The van der Waals surface area contributed by atoms with Gasteiger partial charge < -0.3 is 15.2 Å². The molecule has 1 aliphatic carbocycles. The summed E-state index contributed by atoms with van der Waals surface area (Å²) in [6.45, 7) is 2.22. The Labute approximate surface area is 99.9 Å². The lowest BCUT2D eigenvalue weighted by Gasteiger charge is -2.29. The first-order valence-electron chi connectivity index (χ1n) is 5.97. The number of amides is 1. The minimum atomic E-state index is -0.0356. The number of hydrogen-bond donors (Lipinski definition) is 1. The number of nitrogens with zero attached hydrogens (tertiary/aromatic N) is 3. The molecule has 5 heteroatoms. The summed E-state index contributed by atoms with van der Waals surface area (Å²) in [6.07, 6.45) is 8.35. The second-order valence-electron chi connectivity index (χ2n) is 4.69. The second kappa shape index (κ2) is 4.00. The second-order valence-corrected chi connectivity index (χ2v) is 4.69. The zero-order chi connectivity index (χ0) is 11.8. The standard InChI is InChI=1S/C12H16N4O/c13-10-2-1-9(7-10)12(17)16-6-5-15-4-3-14-11(15)8-16/h1-4,9-10H,5-8,13H2. The van der Waals surface area contributed by atoms with Crippen LogP contribution < -0.4 is 5.73 Å². The largest absolute Gasteiger partial charge is 0.333 e. The molecule has 2 heterocycles. The molecule has 5 nitrogen and oxygen atoms in total. The Kier molecular flexibility index (Phi) is 2.48. The predicted octanol–water partition coefficient (Wildman–Crippen LogP) is 0.129. The lowest BCUT2D eigenvalue weighted by atomic mass is 10.1. The molecule has 1 aromatic heterocycles. The molecule has 0 radical (unpaired) electrons. The van der Waals surface area contributed by atoms with Gasteiger partial charge in [-0.05, 0) is 6.42 Å². The molecular weight excluding hydrogens is 216 g/mol. The molecule has 1 aromatic rings. The number of fused-ring (bicyclic) bond motifs is 1. The molecule has 90 valence electrons. The number of imidazole rings is 1. The van der Waals surface area contributed by atoms with Gasteiger partial charge in [0.15, 0.2) is 0 Å². The third-order valence-electron chi connectivity index (χ3n) is 3.49. The van der Waals surface area contributed by atoms with Crippen LogP contribution in [0.15, 0.2) is 24.5 Å². The fourth-order valence-corrected chi connectivity index (χ4v) is 2.51. The Morgan fingerprint density at radius 3 is 3.06 bits per heavy atom. The predicted molar refractivity (Wildman–Crippen MR) is 62.9 cm³/mol. The van der Waals surface area contributed by atoms with Crippen LogP contribution in [0.2, 0.25) is 0 Å². The highest BCUT2D eigenvalue weighted by atomic mass is 16.2. The van der Waals surface area contributed by atoms with Crippen LogP contribution in [-0.4, -0.2) is 32.9 Å². The summed E-state index contributed by atoms with van der Waals surface area (Å²) in [5.74, 6) is 1.12. The number of hydrogen-bond acceptors (Lipinski definition) is 3. The van der Waals surface area contributed by atoms with Crippen molar-refractivity contribution in [2.75, 3.05) is 6.54 Å². The van der Waals surface area contributed by atoms with Gasteiger partial charge in [-0.25, -0.2) is 4.98 Å². The van der Waals surface area contributed by atoms with E-state index in [1.807, 2.05) is 23.2 Å². The van der Waals surface area contributed by atoms with Gasteiger partial charge in [0.05, 0.1) is 12.5 Å². The molecule has 1 amide bonds. The van der Waals surface area contributed by atoms with E-state index in [1.165, 1.54) is 0 Å². The Balaban J connectivity index is 1.71. The van der Waals surface area contributed by atoms with Crippen LogP contribution in [0.1, 0.15) is 12.2 Å². The minimum Gasteiger partial charge on any atom is -0.333 e. The SMILES string of the molecule is NC1C=CC(C(=O)N2CCn3ccnc3C2)C1. The van der Waals surface area contributed by atoms with E-state index in [0.29, 0.717) is 6.54 Å². The molecule has 0 aromatic carbocycles. The van der Waals surface area contributed by atoms with Gasteiger partial charge in [0.2, 0.25) is 5.91 Å². The van der Waals surface area contributed by atoms with Crippen LogP contribution in [0.3, 0.4) is 0 Å². The third-order valence-corrected chi connectivity index (χ3v) is 3.49. The molecule has 0 saturated carbocycles. The van der Waals surface area contributed by atoms with E-state index in [-0.39, 0.29) is 17.9 Å². The van der Waals surface area contributed by atoms with E-state index >= 15 is 0 Å². The lowest BCUT2D eigenvalue weighted by Crippen LogP contribution is -2.41. The van der Waals surface area contributed by atoms with Gasteiger partial charge in [-0.15, -0.1) is 0 Å². The maximum Gasteiger partial charge on any atom is 0.230 e. The molecule has 0 spiro atoms. The normalized spacial score (nSPS) is 27.2. The van der Waals surface area contributed by atoms with Crippen LogP contribution in [0.25, 0.3) is 0 Å². The van der Waals surface area contributed by atoms with Crippen molar-refractivity contribution in [1.29, 1.82) is 0 Å². The molecule has 1 aliphatic heterocycles. The van der Waals surface area contributed by atoms with Crippen molar-refractivity contribution in [2.45, 2.75) is 25.6 Å². The van der Waals surface area contributed by atoms with Crippen molar-refractivity contribution in [3.63, 3.8) is 0 Å². The monoisotopic (exact) mass is 232 g/mol. The maximum absolute atomic E-state index is 12.3. The minimum absolute atomic E-state index is 0.0356. The quantitative estimate of drug-likeness (QED) is 0.700. The molecule has 0 saturated heterocycles.